The first-order valence-corrected chi connectivity index (χ1v) is 7.10. The third-order valence-corrected chi connectivity index (χ3v) is 3.58. The van der Waals surface area contributed by atoms with Crippen LogP contribution in [0.4, 0.5) is 4.39 Å². The van der Waals surface area contributed by atoms with Crippen molar-refractivity contribution in [2.24, 2.45) is 0 Å². The van der Waals surface area contributed by atoms with E-state index in [1.807, 2.05) is 6.07 Å². The highest BCUT2D eigenvalue weighted by molar-refractivity contribution is 9.10. The second-order valence-corrected chi connectivity index (χ2v) is 5.25. The molecule has 0 aliphatic heterocycles. The number of hydrogen-bond donors (Lipinski definition) is 0. The monoisotopic (exact) mass is 359 g/mol. The summed E-state index contributed by atoms with van der Waals surface area (Å²) in [6.07, 6.45) is 1.48. The topological polar surface area (TPSA) is 50.1 Å². The van der Waals surface area contributed by atoms with Crippen molar-refractivity contribution in [3.05, 3.63) is 69.5 Å². The first kappa shape index (κ1) is 15.9. The largest absolute Gasteiger partial charge is 0.496 e. The highest BCUT2D eigenvalue weighted by atomic mass is 79.9. The molecule has 0 aliphatic carbocycles. The molecule has 110 valence electrons. The number of Topliss-reactive ketones (excluding diaryl/α,β-unsaturated/α-hetero) is 1. The fraction of sp³-hybridized carbons (Fsp3) is 0.0588. The zero-order valence-corrected chi connectivity index (χ0v) is 13.2. The van der Waals surface area contributed by atoms with Gasteiger partial charge in [0.1, 0.15) is 23.2 Å². The van der Waals surface area contributed by atoms with E-state index in [9.17, 15) is 14.4 Å². The van der Waals surface area contributed by atoms with Gasteiger partial charge in [0.05, 0.1) is 11.6 Å². The van der Waals surface area contributed by atoms with Crippen LogP contribution in [0.25, 0.3) is 6.08 Å². The summed E-state index contributed by atoms with van der Waals surface area (Å²) < 4.78 is 18.7. The van der Waals surface area contributed by atoms with Crippen LogP contribution in [0.15, 0.2) is 52.5 Å². The Labute approximate surface area is 135 Å². The Morgan fingerprint density at radius 3 is 2.50 bits per heavy atom. The van der Waals surface area contributed by atoms with Crippen molar-refractivity contribution >= 4 is 27.8 Å². The van der Waals surface area contributed by atoms with Crippen LogP contribution in [-0.4, -0.2) is 12.9 Å². The van der Waals surface area contributed by atoms with Crippen molar-refractivity contribution in [3.63, 3.8) is 0 Å². The number of ketones is 1. The van der Waals surface area contributed by atoms with Crippen LogP contribution in [0.5, 0.6) is 5.75 Å². The van der Waals surface area contributed by atoms with Gasteiger partial charge in [0.15, 0.2) is 0 Å². The zero-order valence-electron chi connectivity index (χ0n) is 11.6. The molecule has 2 aromatic carbocycles. The van der Waals surface area contributed by atoms with Crippen LogP contribution in [-0.2, 0) is 0 Å². The smallest absolute Gasteiger partial charge is 0.203 e. The molecule has 0 fully saturated rings. The standard InChI is InChI=1S/C17H11BrFNO2/c1-22-16-7-2-11(9-15(16)18)8-13(10-20)17(21)12-3-5-14(19)6-4-12/h2-9H,1H3/b13-8+. The number of allylic oxidation sites excluding steroid dienone is 1. The van der Waals surface area contributed by atoms with Crippen molar-refractivity contribution in [2.75, 3.05) is 7.11 Å². The van der Waals surface area contributed by atoms with E-state index in [1.165, 1.54) is 30.3 Å². The minimum atomic E-state index is -0.450. The van der Waals surface area contributed by atoms with Crippen molar-refractivity contribution in [3.8, 4) is 11.8 Å². The van der Waals surface area contributed by atoms with E-state index >= 15 is 0 Å². The van der Waals surface area contributed by atoms with E-state index in [1.54, 1.807) is 25.3 Å². The Bertz CT molecular complexity index is 776. The molecule has 0 aliphatic rings. The molecular weight excluding hydrogens is 349 g/mol. The van der Waals surface area contributed by atoms with Crippen LogP contribution in [0, 0.1) is 17.1 Å². The molecule has 0 aromatic heterocycles. The van der Waals surface area contributed by atoms with Crippen LogP contribution in [0.1, 0.15) is 15.9 Å². The number of benzene rings is 2. The minimum absolute atomic E-state index is 0.0244. The summed E-state index contributed by atoms with van der Waals surface area (Å²) in [4.78, 5) is 12.2. The first-order valence-electron chi connectivity index (χ1n) is 6.30. The van der Waals surface area contributed by atoms with E-state index in [0.717, 1.165) is 4.47 Å². The van der Waals surface area contributed by atoms with Gasteiger partial charge >= 0.3 is 0 Å². The number of nitriles is 1. The Morgan fingerprint density at radius 1 is 1.27 bits per heavy atom. The third kappa shape index (κ3) is 3.60. The van der Waals surface area contributed by atoms with Gasteiger partial charge in [0, 0.05) is 5.56 Å². The highest BCUT2D eigenvalue weighted by Gasteiger charge is 2.12. The SMILES string of the molecule is COc1ccc(/C=C(\C#N)C(=O)c2ccc(F)cc2)cc1Br. The van der Waals surface area contributed by atoms with E-state index in [-0.39, 0.29) is 11.1 Å². The van der Waals surface area contributed by atoms with E-state index < -0.39 is 11.6 Å². The summed E-state index contributed by atoms with van der Waals surface area (Å²) in [5.74, 6) is -0.229. The molecule has 5 heteroatoms. The number of hydrogen-bond acceptors (Lipinski definition) is 3. The number of carbonyl (C=O) groups is 1. The molecule has 0 bridgehead atoms. The van der Waals surface area contributed by atoms with Gasteiger partial charge in [-0.3, -0.25) is 4.79 Å². The lowest BCUT2D eigenvalue weighted by Crippen LogP contribution is -2.02. The maximum absolute atomic E-state index is 12.9. The van der Waals surface area contributed by atoms with Crippen LogP contribution in [0.2, 0.25) is 0 Å². The summed E-state index contributed by atoms with van der Waals surface area (Å²) in [5.41, 5.74) is 0.921. The molecule has 0 heterocycles. The first-order chi connectivity index (χ1) is 10.5. The van der Waals surface area contributed by atoms with Crippen molar-refractivity contribution < 1.29 is 13.9 Å². The van der Waals surface area contributed by atoms with E-state index in [4.69, 9.17) is 4.74 Å². The quantitative estimate of drug-likeness (QED) is 0.462. The molecule has 0 unspecified atom stereocenters. The predicted molar refractivity (Wildman–Crippen MR) is 85.0 cm³/mol. The van der Waals surface area contributed by atoms with Crippen LogP contribution < -0.4 is 4.74 Å². The summed E-state index contributed by atoms with van der Waals surface area (Å²) in [7, 11) is 1.55. The number of carbonyl (C=O) groups excluding carboxylic acids is 1. The molecule has 0 radical (unpaired) electrons. The molecule has 2 rings (SSSR count). The number of ether oxygens (including phenoxy) is 1. The Kier molecular flexibility index (Phi) is 5.08. The van der Waals surface area contributed by atoms with Crippen molar-refractivity contribution in [1.29, 1.82) is 5.26 Å². The molecule has 0 atom stereocenters. The summed E-state index contributed by atoms with van der Waals surface area (Å²) in [5, 5.41) is 9.19. The second-order valence-electron chi connectivity index (χ2n) is 4.40. The van der Waals surface area contributed by atoms with Gasteiger partial charge in [-0.2, -0.15) is 5.26 Å². The van der Waals surface area contributed by atoms with Crippen LogP contribution in [0.3, 0.4) is 0 Å². The average Bonchev–Trinajstić information content (AvgIpc) is 2.53. The van der Waals surface area contributed by atoms with Crippen LogP contribution >= 0.6 is 15.9 Å². The number of halogens is 2. The Morgan fingerprint density at radius 2 is 1.95 bits per heavy atom. The van der Waals surface area contributed by atoms with Crippen molar-refractivity contribution in [2.45, 2.75) is 0 Å². The van der Waals surface area contributed by atoms with Crippen molar-refractivity contribution in [1.82, 2.24) is 0 Å². The molecule has 22 heavy (non-hydrogen) atoms. The predicted octanol–water partition coefficient (Wildman–Crippen LogP) is 4.39. The maximum Gasteiger partial charge on any atom is 0.203 e. The van der Waals surface area contributed by atoms with Gasteiger partial charge in [-0.15, -0.1) is 0 Å². The maximum atomic E-state index is 12.9. The molecule has 3 nitrogen and oxygen atoms in total. The number of rotatable bonds is 4. The third-order valence-electron chi connectivity index (χ3n) is 2.96. The van der Waals surface area contributed by atoms with E-state index in [2.05, 4.69) is 15.9 Å². The second kappa shape index (κ2) is 7.01. The highest BCUT2D eigenvalue weighted by Crippen LogP contribution is 2.26. The van der Waals surface area contributed by atoms with Gasteiger partial charge < -0.3 is 4.74 Å². The Balaban J connectivity index is 2.35. The molecule has 0 saturated carbocycles. The molecule has 0 spiro atoms. The molecule has 0 N–H and O–H groups in total. The van der Waals surface area contributed by atoms with Gasteiger partial charge in [-0.05, 0) is 64.0 Å². The van der Waals surface area contributed by atoms with Gasteiger partial charge in [-0.25, -0.2) is 4.39 Å². The van der Waals surface area contributed by atoms with Gasteiger partial charge in [-0.1, -0.05) is 6.07 Å². The average molecular weight is 360 g/mol. The zero-order chi connectivity index (χ0) is 16.1. The lowest BCUT2D eigenvalue weighted by atomic mass is 10.0. The molecule has 0 saturated heterocycles. The Hall–Kier alpha value is -2.45. The lowest BCUT2D eigenvalue weighted by molar-refractivity contribution is 0.104. The number of methoxy groups -OCH3 is 1. The summed E-state index contributed by atoms with van der Waals surface area (Å²) in [6, 6.07) is 12.2. The normalized spacial score (nSPS) is 10.9. The van der Waals surface area contributed by atoms with E-state index in [0.29, 0.717) is 11.3 Å². The molecular formula is C17H11BrFNO2. The summed E-state index contributed by atoms with van der Waals surface area (Å²) >= 11 is 3.35. The summed E-state index contributed by atoms with van der Waals surface area (Å²) in [6.45, 7) is 0. The van der Waals surface area contributed by atoms with Gasteiger partial charge in [0.25, 0.3) is 0 Å². The fourth-order valence-electron chi connectivity index (χ4n) is 1.84. The molecule has 0 amide bonds. The lowest BCUT2D eigenvalue weighted by Gasteiger charge is -2.04. The fourth-order valence-corrected chi connectivity index (χ4v) is 2.40. The molecule has 2 aromatic rings. The minimum Gasteiger partial charge on any atom is -0.496 e. The number of nitrogens with zero attached hydrogens (tertiary/aromatic N) is 1. The van der Waals surface area contributed by atoms with Gasteiger partial charge in [0.2, 0.25) is 5.78 Å².